The lowest BCUT2D eigenvalue weighted by Crippen LogP contribution is -2.42. The Morgan fingerprint density at radius 3 is 3.12 bits per heavy atom. The Bertz CT molecular complexity index is 437. The first-order valence-corrected chi connectivity index (χ1v) is 5.85. The Morgan fingerprint density at radius 1 is 1.59 bits per heavy atom. The number of carbonyl (C=O) groups excluding carboxylic acids is 1. The maximum absolute atomic E-state index is 11.5. The van der Waals surface area contributed by atoms with Crippen LogP contribution in [0.4, 0.5) is 0 Å². The van der Waals surface area contributed by atoms with E-state index < -0.39 is 6.17 Å². The van der Waals surface area contributed by atoms with Gasteiger partial charge in [0, 0.05) is 5.92 Å². The maximum Gasteiger partial charge on any atom is 0.347 e. The van der Waals surface area contributed by atoms with E-state index in [1.165, 1.54) is 12.8 Å². The van der Waals surface area contributed by atoms with Gasteiger partial charge in [0.15, 0.2) is 5.84 Å². The number of amidine groups is 1. The summed E-state index contributed by atoms with van der Waals surface area (Å²) in [6, 6.07) is 0. The third kappa shape index (κ3) is 1.95. The molecule has 3 rings (SSSR count). The molecule has 0 radical (unpaired) electrons. The number of nitrogens with one attached hydrogen (secondary N) is 1. The molecule has 0 saturated heterocycles. The van der Waals surface area contributed by atoms with Crippen LogP contribution >= 0.6 is 0 Å². The number of carbonyl (C=O) groups is 1. The molecule has 1 aliphatic carbocycles. The van der Waals surface area contributed by atoms with Gasteiger partial charge in [0.2, 0.25) is 6.17 Å². The highest BCUT2D eigenvalue weighted by Gasteiger charge is 2.34. The van der Waals surface area contributed by atoms with E-state index in [2.05, 4.69) is 15.5 Å². The van der Waals surface area contributed by atoms with E-state index in [0.717, 1.165) is 5.71 Å². The molecule has 90 valence electrons. The molecule has 1 saturated carbocycles. The first kappa shape index (κ1) is 10.5. The van der Waals surface area contributed by atoms with Crippen molar-refractivity contribution in [2.75, 3.05) is 6.61 Å². The molecule has 0 aromatic carbocycles. The molecule has 1 N–H and O–H groups in total. The number of nitrogens with zero attached hydrogens (tertiary/aromatic N) is 3. The predicted octanol–water partition coefficient (Wildman–Crippen LogP) is 0.430. The van der Waals surface area contributed by atoms with Crippen LogP contribution in [-0.2, 0) is 9.53 Å². The summed E-state index contributed by atoms with van der Waals surface area (Å²) >= 11 is 0. The van der Waals surface area contributed by atoms with E-state index in [9.17, 15) is 4.79 Å². The Hall–Kier alpha value is -1.69. The van der Waals surface area contributed by atoms with Crippen LogP contribution in [0.1, 0.15) is 19.8 Å². The normalized spacial score (nSPS) is 26.4. The molecule has 2 heterocycles. The zero-order valence-corrected chi connectivity index (χ0v) is 9.59. The van der Waals surface area contributed by atoms with Crippen LogP contribution in [0.2, 0.25) is 0 Å². The summed E-state index contributed by atoms with van der Waals surface area (Å²) in [5.74, 6) is 0.870. The summed E-state index contributed by atoms with van der Waals surface area (Å²) in [5.41, 5.74) is 3.96. The lowest BCUT2D eigenvalue weighted by atomic mass is 10.2. The van der Waals surface area contributed by atoms with Crippen LogP contribution in [0, 0.1) is 5.92 Å². The van der Waals surface area contributed by atoms with Gasteiger partial charge in [-0.1, -0.05) is 0 Å². The summed E-state index contributed by atoms with van der Waals surface area (Å²) in [7, 11) is 0. The molecule has 2 aliphatic heterocycles. The standard InChI is InChI=1S/C11H14N4O2/c1-2-17-11(16)10-12-9-6-5-8(7-3-4-7)13-15(9)14-10/h5-7,10,14H,2-4H2,1H3. The molecule has 0 amide bonds. The van der Waals surface area contributed by atoms with Gasteiger partial charge in [-0.3, -0.25) is 0 Å². The molecule has 0 bridgehead atoms. The van der Waals surface area contributed by atoms with E-state index in [4.69, 9.17) is 4.74 Å². The van der Waals surface area contributed by atoms with Crippen molar-refractivity contribution in [1.82, 2.24) is 10.5 Å². The van der Waals surface area contributed by atoms with Gasteiger partial charge in [0.25, 0.3) is 0 Å². The third-order valence-electron chi connectivity index (χ3n) is 2.85. The monoisotopic (exact) mass is 234 g/mol. The number of hydrazone groups is 1. The second kappa shape index (κ2) is 3.96. The van der Waals surface area contributed by atoms with Crippen molar-refractivity contribution in [3.05, 3.63) is 12.2 Å². The number of esters is 1. The molecule has 1 unspecified atom stereocenters. The number of allylic oxidation sites excluding steroid dienone is 1. The molecule has 0 spiro atoms. The van der Waals surface area contributed by atoms with Crippen molar-refractivity contribution < 1.29 is 9.53 Å². The smallest absolute Gasteiger partial charge is 0.347 e. The van der Waals surface area contributed by atoms with Gasteiger partial charge in [-0.25, -0.2) is 9.79 Å². The van der Waals surface area contributed by atoms with Gasteiger partial charge in [0.05, 0.1) is 12.3 Å². The Balaban J connectivity index is 1.72. The molecule has 1 fully saturated rings. The average molecular weight is 234 g/mol. The van der Waals surface area contributed by atoms with Crippen LogP contribution in [0.25, 0.3) is 0 Å². The quantitative estimate of drug-likeness (QED) is 0.719. The number of hydrogen-bond donors (Lipinski definition) is 1. The van der Waals surface area contributed by atoms with Crippen LogP contribution in [0.3, 0.4) is 0 Å². The SMILES string of the molecule is CCOC(=O)C1N=C2C=CC(C3CC3)=NN2N1. The molecule has 1 atom stereocenters. The highest BCUT2D eigenvalue weighted by molar-refractivity contribution is 6.08. The van der Waals surface area contributed by atoms with Crippen molar-refractivity contribution in [1.29, 1.82) is 0 Å². The summed E-state index contributed by atoms with van der Waals surface area (Å²) in [6.07, 6.45) is 5.59. The average Bonchev–Trinajstić information content (AvgIpc) is 3.08. The molecule has 17 heavy (non-hydrogen) atoms. The number of aliphatic imine (C=N–C) groups is 1. The van der Waals surface area contributed by atoms with Gasteiger partial charge in [0.1, 0.15) is 0 Å². The Kier molecular flexibility index (Phi) is 2.44. The molecule has 6 nitrogen and oxygen atoms in total. The number of fused-ring (bicyclic) bond motifs is 1. The summed E-state index contributed by atoms with van der Waals surface area (Å²) in [5, 5.41) is 5.98. The van der Waals surface area contributed by atoms with Gasteiger partial charge >= 0.3 is 5.97 Å². The number of hydrogen-bond acceptors (Lipinski definition) is 6. The fourth-order valence-corrected chi connectivity index (χ4v) is 1.82. The second-order valence-electron chi connectivity index (χ2n) is 4.22. The molecule has 3 aliphatic rings. The number of hydrazine groups is 1. The van der Waals surface area contributed by atoms with E-state index in [1.807, 2.05) is 12.2 Å². The van der Waals surface area contributed by atoms with E-state index in [0.29, 0.717) is 18.4 Å². The highest BCUT2D eigenvalue weighted by atomic mass is 16.5. The van der Waals surface area contributed by atoms with Crippen molar-refractivity contribution in [3.63, 3.8) is 0 Å². The Labute approximate surface area is 99.0 Å². The Morgan fingerprint density at radius 2 is 2.41 bits per heavy atom. The first-order valence-electron chi connectivity index (χ1n) is 5.85. The van der Waals surface area contributed by atoms with E-state index in [1.54, 1.807) is 12.0 Å². The maximum atomic E-state index is 11.5. The zero-order chi connectivity index (χ0) is 11.8. The predicted molar refractivity (Wildman–Crippen MR) is 62.1 cm³/mol. The van der Waals surface area contributed by atoms with Crippen LogP contribution < -0.4 is 5.43 Å². The number of ether oxygens (including phenoxy) is 1. The largest absolute Gasteiger partial charge is 0.463 e. The molecule has 0 aromatic rings. The summed E-state index contributed by atoms with van der Waals surface area (Å²) in [6.45, 7) is 2.13. The summed E-state index contributed by atoms with van der Waals surface area (Å²) < 4.78 is 4.91. The fourth-order valence-electron chi connectivity index (χ4n) is 1.82. The lowest BCUT2D eigenvalue weighted by Gasteiger charge is -2.18. The van der Waals surface area contributed by atoms with Gasteiger partial charge < -0.3 is 4.74 Å². The van der Waals surface area contributed by atoms with Gasteiger partial charge in [-0.05, 0) is 31.9 Å². The molecule has 0 aromatic heterocycles. The minimum atomic E-state index is -0.670. The van der Waals surface area contributed by atoms with Crippen LogP contribution in [-0.4, -0.2) is 35.4 Å². The topological polar surface area (TPSA) is 66.3 Å². The molecular weight excluding hydrogens is 220 g/mol. The minimum absolute atomic E-state index is 0.355. The lowest BCUT2D eigenvalue weighted by molar-refractivity contribution is -0.145. The zero-order valence-electron chi connectivity index (χ0n) is 9.59. The second-order valence-corrected chi connectivity index (χ2v) is 4.22. The third-order valence-corrected chi connectivity index (χ3v) is 2.85. The van der Waals surface area contributed by atoms with Crippen LogP contribution in [0.5, 0.6) is 0 Å². The van der Waals surface area contributed by atoms with E-state index >= 15 is 0 Å². The highest BCUT2D eigenvalue weighted by Crippen LogP contribution is 2.32. The minimum Gasteiger partial charge on any atom is -0.463 e. The fraction of sp³-hybridized carbons (Fsp3) is 0.545. The van der Waals surface area contributed by atoms with Crippen molar-refractivity contribution in [2.24, 2.45) is 16.0 Å². The summed E-state index contributed by atoms with van der Waals surface area (Å²) in [4.78, 5) is 15.7. The van der Waals surface area contributed by atoms with Crippen molar-refractivity contribution in [3.8, 4) is 0 Å². The van der Waals surface area contributed by atoms with Crippen LogP contribution in [0.15, 0.2) is 22.2 Å². The molecule has 6 heteroatoms. The molecular formula is C11H14N4O2. The van der Waals surface area contributed by atoms with Gasteiger partial charge in [-0.2, -0.15) is 15.6 Å². The van der Waals surface area contributed by atoms with Gasteiger partial charge in [-0.15, -0.1) is 0 Å². The van der Waals surface area contributed by atoms with Crippen molar-refractivity contribution in [2.45, 2.75) is 25.9 Å². The van der Waals surface area contributed by atoms with E-state index in [-0.39, 0.29) is 5.97 Å². The van der Waals surface area contributed by atoms with Crippen molar-refractivity contribution >= 4 is 17.5 Å². The number of rotatable bonds is 3. The first-order chi connectivity index (χ1) is 8.28.